The van der Waals surface area contributed by atoms with Gasteiger partial charge in [-0.15, -0.1) is 10.2 Å². The fourth-order valence-electron chi connectivity index (χ4n) is 4.22. The van der Waals surface area contributed by atoms with Gasteiger partial charge in [0.25, 0.3) is 10.0 Å². The molecule has 1 N–H and O–H groups in total. The average molecular weight is 501 g/mol. The van der Waals surface area contributed by atoms with Gasteiger partial charge in [-0.05, 0) is 73.5 Å². The minimum atomic E-state index is -3.77. The van der Waals surface area contributed by atoms with Gasteiger partial charge in [-0.1, -0.05) is 43.2 Å². The van der Waals surface area contributed by atoms with Gasteiger partial charge in [0.1, 0.15) is 11.5 Å². The van der Waals surface area contributed by atoms with Crippen LogP contribution in [0.5, 0.6) is 11.5 Å². The van der Waals surface area contributed by atoms with Crippen molar-refractivity contribution in [2.75, 3.05) is 22.7 Å². The van der Waals surface area contributed by atoms with Crippen LogP contribution >= 0.6 is 0 Å². The summed E-state index contributed by atoms with van der Waals surface area (Å²) < 4.78 is 34.4. The highest BCUT2D eigenvalue weighted by atomic mass is 32.2. The molecule has 0 amide bonds. The molecule has 5 rings (SSSR count). The molecule has 0 saturated carbocycles. The highest BCUT2D eigenvalue weighted by Gasteiger charge is 2.16. The Labute approximate surface area is 211 Å². The van der Waals surface area contributed by atoms with Gasteiger partial charge >= 0.3 is 0 Å². The molecular formula is C28H28N4O3S. The molecule has 2 heterocycles. The summed E-state index contributed by atoms with van der Waals surface area (Å²) in [4.78, 5) is 2.43. The number of anilines is 2. The summed E-state index contributed by atoms with van der Waals surface area (Å²) in [5.74, 6) is 2.13. The van der Waals surface area contributed by atoms with Gasteiger partial charge in [0, 0.05) is 24.3 Å². The maximum atomic E-state index is 13.0. The summed E-state index contributed by atoms with van der Waals surface area (Å²) in [6, 6.07) is 26.8. The number of benzene rings is 3. The lowest BCUT2D eigenvalue weighted by molar-refractivity contribution is 0.482. The summed E-state index contributed by atoms with van der Waals surface area (Å²) in [6.45, 7) is 2.01. The van der Waals surface area contributed by atoms with Crippen molar-refractivity contribution in [2.45, 2.75) is 30.6 Å². The number of nitrogens with one attached hydrogen (secondary N) is 1. The molecule has 1 aromatic heterocycles. The Balaban J connectivity index is 1.28. The first kappa shape index (κ1) is 23.8. The maximum Gasteiger partial charge on any atom is 0.261 e. The van der Waals surface area contributed by atoms with Crippen LogP contribution in [-0.4, -0.2) is 31.7 Å². The minimum absolute atomic E-state index is 0.148. The van der Waals surface area contributed by atoms with E-state index >= 15 is 0 Å². The molecule has 0 atom stereocenters. The molecule has 184 valence electrons. The van der Waals surface area contributed by atoms with E-state index in [1.54, 1.807) is 30.3 Å². The van der Waals surface area contributed by atoms with Crippen LogP contribution in [0.15, 0.2) is 95.9 Å². The number of sulfonamides is 1. The van der Waals surface area contributed by atoms with Crippen molar-refractivity contribution in [3.8, 4) is 22.8 Å². The molecule has 1 fully saturated rings. The molecule has 0 aliphatic carbocycles. The van der Waals surface area contributed by atoms with Crippen LogP contribution in [0.25, 0.3) is 11.3 Å². The smallest absolute Gasteiger partial charge is 0.261 e. The first-order chi connectivity index (χ1) is 17.6. The molecule has 0 radical (unpaired) electrons. The van der Waals surface area contributed by atoms with Crippen LogP contribution in [0, 0.1) is 0 Å². The number of rotatable bonds is 7. The number of para-hydroxylation sites is 1. The molecular weight excluding hydrogens is 472 g/mol. The van der Waals surface area contributed by atoms with Gasteiger partial charge in [0.2, 0.25) is 0 Å². The Morgan fingerprint density at radius 3 is 2.14 bits per heavy atom. The van der Waals surface area contributed by atoms with E-state index in [1.807, 2.05) is 48.5 Å². The number of aromatic nitrogens is 2. The molecule has 0 bridgehead atoms. The van der Waals surface area contributed by atoms with Gasteiger partial charge in [-0.25, -0.2) is 8.42 Å². The summed E-state index contributed by atoms with van der Waals surface area (Å²) in [5, 5.41) is 8.85. The highest BCUT2D eigenvalue weighted by Crippen LogP contribution is 2.26. The predicted octanol–water partition coefficient (Wildman–Crippen LogP) is 6.12. The number of hydrogen-bond donors (Lipinski definition) is 1. The maximum absolute atomic E-state index is 13.0. The van der Waals surface area contributed by atoms with Crippen LogP contribution in [0.4, 0.5) is 11.5 Å². The molecule has 0 unspecified atom stereocenters. The van der Waals surface area contributed by atoms with Crippen molar-refractivity contribution in [3.05, 3.63) is 91.0 Å². The fraction of sp³-hybridized carbons (Fsp3) is 0.214. The molecule has 4 aromatic rings. The van der Waals surface area contributed by atoms with Crippen molar-refractivity contribution >= 4 is 21.5 Å². The summed E-state index contributed by atoms with van der Waals surface area (Å²) in [7, 11) is -3.77. The van der Waals surface area contributed by atoms with Crippen molar-refractivity contribution in [2.24, 2.45) is 0 Å². The van der Waals surface area contributed by atoms with E-state index in [0.29, 0.717) is 22.9 Å². The monoisotopic (exact) mass is 500 g/mol. The van der Waals surface area contributed by atoms with Crippen molar-refractivity contribution in [1.82, 2.24) is 10.2 Å². The van der Waals surface area contributed by atoms with E-state index in [4.69, 9.17) is 4.74 Å². The van der Waals surface area contributed by atoms with Crippen LogP contribution in [-0.2, 0) is 10.0 Å². The lowest BCUT2D eigenvalue weighted by Gasteiger charge is -2.20. The van der Waals surface area contributed by atoms with E-state index in [2.05, 4.69) is 19.8 Å². The average Bonchev–Trinajstić information content (AvgIpc) is 3.19. The second-order valence-corrected chi connectivity index (χ2v) is 10.4. The molecule has 36 heavy (non-hydrogen) atoms. The minimum Gasteiger partial charge on any atom is -0.457 e. The van der Waals surface area contributed by atoms with Crippen molar-refractivity contribution in [3.63, 3.8) is 0 Å². The summed E-state index contributed by atoms with van der Waals surface area (Å²) in [6.07, 6.45) is 4.87. The lowest BCUT2D eigenvalue weighted by Crippen LogP contribution is -2.25. The fourth-order valence-corrected chi connectivity index (χ4v) is 5.26. The first-order valence-electron chi connectivity index (χ1n) is 12.1. The zero-order valence-electron chi connectivity index (χ0n) is 19.9. The Morgan fingerprint density at radius 2 is 1.44 bits per heavy atom. The Bertz CT molecular complexity index is 1390. The van der Waals surface area contributed by atoms with Crippen LogP contribution in [0.1, 0.15) is 25.7 Å². The van der Waals surface area contributed by atoms with Crippen molar-refractivity contribution < 1.29 is 13.2 Å². The summed E-state index contributed by atoms with van der Waals surface area (Å²) in [5.41, 5.74) is 1.93. The Morgan fingerprint density at radius 1 is 0.722 bits per heavy atom. The van der Waals surface area contributed by atoms with Crippen LogP contribution < -0.4 is 14.4 Å². The third-order valence-electron chi connectivity index (χ3n) is 6.10. The molecule has 1 aliphatic heterocycles. The van der Waals surface area contributed by atoms with Crippen LogP contribution in [0.3, 0.4) is 0 Å². The number of nitrogens with zero attached hydrogens (tertiary/aromatic N) is 3. The van der Waals surface area contributed by atoms with Gasteiger partial charge in [-0.2, -0.15) is 0 Å². The van der Waals surface area contributed by atoms with E-state index in [1.165, 1.54) is 37.8 Å². The standard InChI is InChI=1S/C28H28N4O3S/c33-36(34,26-15-13-25(14-16-26)35-24-11-4-3-5-12-24)31-23-10-8-9-22(21-23)27-17-18-28(30-29-27)32-19-6-1-2-7-20-32/h3-5,8-18,21,31H,1-2,6-7,19-20H2. The number of ether oxygens (including phenoxy) is 1. The zero-order chi connectivity index (χ0) is 24.8. The molecule has 7 nitrogen and oxygen atoms in total. The van der Waals surface area contributed by atoms with Gasteiger partial charge < -0.3 is 9.64 Å². The van der Waals surface area contributed by atoms with Gasteiger partial charge in [0.05, 0.1) is 10.6 Å². The van der Waals surface area contributed by atoms with E-state index in [-0.39, 0.29) is 4.90 Å². The molecule has 3 aromatic carbocycles. The third-order valence-corrected chi connectivity index (χ3v) is 7.50. The highest BCUT2D eigenvalue weighted by molar-refractivity contribution is 7.92. The lowest BCUT2D eigenvalue weighted by atomic mass is 10.1. The van der Waals surface area contributed by atoms with E-state index in [0.717, 1.165) is 24.5 Å². The molecule has 1 aliphatic rings. The second-order valence-electron chi connectivity index (χ2n) is 8.75. The van der Waals surface area contributed by atoms with Gasteiger partial charge in [-0.3, -0.25) is 4.72 Å². The quantitative estimate of drug-likeness (QED) is 0.329. The Kier molecular flexibility index (Phi) is 7.13. The van der Waals surface area contributed by atoms with E-state index < -0.39 is 10.0 Å². The SMILES string of the molecule is O=S(=O)(Nc1cccc(-c2ccc(N3CCCCCC3)nn2)c1)c1ccc(Oc2ccccc2)cc1. The third kappa shape index (κ3) is 5.83. The van der Waals surface area contributed by atoms with Gasteiger partial charge in [0.15, 0.2) is 5.82 Å². The predicted molar refractivity (Wildman–Crippen MR) is 142 cm³/mol. The van der Waals surface area contributed by atoms with E-state index in [9.17, 15) is 8.42 Å². The summed E-state index contributed by atoms with van der Waals surface area (Å²) >= 11 is 0. The molecule has 0 spiro atoms. The second kappa shape index (κ2) is 10.8. The normalized spacial score (nSPS) is 14.2. The Hall–Kier alpha value is -3.91. The van der Waals surface area contributed by atoms with Crippen molar-refractivity contribution in [1.29, 1.82) is 0 Å². The van der Waals surface area contributed by atoms with Crippen LogP contribution in [0.2, 0.25) is 0 Å². The molecule has 1 saturated heterocycles. The largest absolute Gasteiger partial charge is 0.457 e. The topological polar surface area (TPSA) is 84.4 Å². The zero-order valence-corrected chi connectivity index (χ0v) is 20.7. The number of hydrogen-bond acceptors (Lipinski definition) is 6. The molecule has 8 heteroatoms. The first-order valence-corrected chi connectivity index (χ1v) is 13.6.